The number of amides is 2. The third kappa shape index (κ3) is 2.69. The number of carbonyl (C=O) groups is 2. The van der Waals surface area contributed by atoms with Crippen LogP contribution in [0.25, 0.3) is 0 Å². The van der Waals surface area contributed by atoms with Gasteiger partial charge in [-0.1, -0.05) is 6.92 Å². The molecule has 0 spiro atoms. The summed E-state index contributed by atoms with van der Waals surface area (Å²) in [7, 11) is 0. The summed E-state index contributed by atoms with van der Waals surface area (Å²) in [4.78, 5) is 30.7. The van der Waals surface area contributed by atoms with Crippen LogP contribution in [-0.2, 0) is 9.53 Å². The van der Waals surface area contributed by atoms with Crippen LogP contribution in [0.15, 0.2) is 16.8 Å². The zero-order valence-corrected chi connectivity index (χ0v) is 16.6. The lowest BCUT2D eigenvalue weighted by Gasteiger charge is -2.43. The van der Waals surface area contributed by atoms with E-state index in [4.69, 9.17) is 4.74 Å². The minimum Gasteiger partial charge on any atom is -0.372 e. The van der Waals surface area contributed by atoms with Gasteiger partial charge in [0.15, 0.2) is 0 Å². The van der Waals surface area contributed by atoms with E-state index in [1.807, 2.05) is 40.5 Å². The summed E-state index contributed by atoms with van der Waals surface area (Å²) in [6, 6.07) is 2.13. The van der Waals surface area contributed by atoms with Crippen molar-refractivity contribution >= 4 is 23.2 Å². The average Bonchev–Trinajstić information content (AvgIpc) is 3.34. The maximum absolute atomic E-state index is 13.6. The maximum Gasteiger partial charge on any atom is 0.255 e. The molecule has 3 fully saturated rings. The first-order valence-electron chi connectivity index (χ1n) is 9.76. The normalized spacial score (nSPS) is 36.6. The molecule has 0 radical (unpaired) electrons. The Hall–Kier alpha value is -1.40. The number of nitrogens with zero attached hydrogens (tertiary/aromatic N) is 2. The molecule has 26 heavy (non-hydrogen) atoms. The minimum absolute atomic E-state index is 0.0332. The number of morpholine rings is 1. The molecule has 5 nitrogen and oxygen atoms in total. The summed E-state index contributed by atoms with van der Waals surface area (Å²) < 4.78 is 5.81. The fourth-order valence-electron chi connectivity index (χ4n) is 5.44. The smallest absolute Gasteiger partial charge is 0.255 e. The van der Waals surface area contributed by atoms with Gasteiger partial charge < -0.3 is 14.5 Å². The lowest BCUT2D eigenvalue weighted by molar-refractivity contribution is -0.155. The first-order chi connectivity index (χ1) is 12.5. The zero-order valence-electron chi connectivity index (χ0n) is 15.8. The number of rotatable bonds is 3. The molecule has 0 aromatic carbocycles. The molecule has 1 aromatic rings. The Morgan fingerprint density at radius 3 is 2.62 bits per heavy atom. The number of carbonyl (C=O) groups excluding carboxylic acids is 2. The number of hydrogen-bond donors (Lipinski definition) is 0. The van der Waals surface area contributed by atoms with Crippen molar-refractivity contribution in [3.05, 3.63) is 22.4 Å². The summed E-state index contributed by atoms with van der Waals surface area (Å²) in [6.07, 6.45) is 3.70. The third-order valence-electron chi connectivity index (χ3n) is 6.51. The molecule has 3 aliphatic heterocycles. The largest absolute Gasteiger partial charge is 0.372 e. The van der Waals surface area contributed by atoms with Crippen LogP contribution >= 0.6 is 11.3 Å². The van der Waals surface area contributed by atoms with E-state index in [1.54, 1.807) is 11.3 Å². The molecule has 0 unspecified atom stereocenters. The van der Waals surface area contributed by atoms with E-state index < -0.39 is 5.41 Å². The van der Waals surface area contributed by atoms with Gasteiger partial charge in [0, 0.05) is 30.6 Å². The molecule has 3 aliphatic rings. The van der Waals surface area contributed by atoms with Crippen molar-refractivity contribution in [2.24, 2.45) is 5.41 Å². The molecule has 5 atom stereocenters. The summed E-state index contributed by atoms with van der Waals surface area (Å²) in [5.74, 6) is 0.336. The Morgan fingerprint density at radius 1 is 1.27 bits per heavy atom. The highest BCUT2D eigenvalue weighted by atomic mass is 32.1. The van der Waals surface area contributed by atoms with E-state index in [9.17, 15) is 9.59 Å². The zero-order chi connectivity index (χ0) is 18.5. The van der Waals surface area contributed by atoms with Crippen molar-refractivity contribution in [3.63, 3.8) is 0 Å². The van der Waals surface area contributed by atoms with Crippen LogP contribution in [0.2, 0.25) is 0 Å². The standard InChI is InChI=1S/C20H28N2O3S/c1-4-20(19(24)21-10-13(2)25-14(3)11-21)9-16-5-6-17(20)22(16)18(23)15-7-8-26-12-15/h7-8,12-14,16-17H,4-6,9-11H2,1-3H3/t13-,14+,16-,17+,20+/m0/s1. The first kappa shape index (κ1) is 18.0. The van der Waals surface area contributed by atoms with Crippen molar-refractivity contribution in [1.82, 2.24) is 9.80 Å². The molecular formula is C20H28N2O3S. The van der Waals surface area contributed by atoms with Crippen molar-refractivity contribution in [3.8, 4) is 0 Å². The lowest BCUT2D eigenvalue weighted by atomic mass is 9.70. The second-order valence-electron chi connectivity index (χ2n) is 8.15. The summed E-state index contributed by atoms with van der Waals surface area (Å²) >= 11 is 1.55. The van der Waals surface area contributed by atoms with Gasteiger partial charge in [0.2, 0.25) is 5.91 Å². The van der Waals surface area contributed by atoms with Crippen molar-refractivity contribution < 1.29 is 14.3 Å². The molecule has 4 heterocycles. The summed E-state index contributed by atoms with van der Waals surface area (Å²) in [5.41, 5.74) is 0.339. The Bertz CT molecular complexity index is 681. The third-order valence-corrected chi connectivity index (χ3v) is 7.19. The minimum atomic E-state index is -0.425. The summed E-state index contributed by atoms with van der Waals surface area (Å²) in [5, 5.41) is 3.86. The fourth-order valence-corrected chi connectivity index (χ4v) is 6.07. The van der Waals surface area contributed by atoms with Crippen LogP contribution < -0.4 is 0 Å². The van der Waals surface area contributed by atoms with Gasteiger partial charge in [0.25, 0.3) is 5.91 Å². The predicted molar refractivity (Wildman–Crippen MR) is 101 cm³/mol. The van der Waals surface area contributed by atoms with Gasteiger partial charge in [-0.15, -0.1) is 0 Å². The van der Waals surface area contributed by atoms with E-state index >= 15 is 0 Å². The van der Waals surface area contributed by atoms with Crippen LogP contribution in [0.5, 0.6) is 0 Å². The van der Waals surface area contributed by atoms with Crippen LogP contribution in [0.4, 0.5) is 0 Å². The highest BCUT2D eigenvalue weighted by Crippen LogP contribution is 2.53. The molecule has 1 aromatic heterocycles. The topological polar surface area (TPSA) is 49.9 Å². The molecule has 142 valence electrons. The predicted octanol–water partition coefficient (Wildman–Crippen LogP) is 3.16. The van der Waals surface area contributed by atoms with Gasteiger partial charge in [-0.05, 0) is 51.0 Å². The molecule has 0 saturated carbocycles. The Balaban J connectivity index is 1.60. The maximum atomic E-state index is 13.6. The Morgan fingerprint density at radius 2 is 2.00 bits per heavy atom. The highest BCUT2D eigenvalue weighted by molar-refractivity contribution is 7.08. The monoisotopic (exact) mass is 376 g/mol. The van der Waals surface area contributed by atoms with E-state index in [0.29, 0.717) is 13.1 Å². The number of hydrogen-bond acceptors (Lipinski definition) is 4. The van der Waals surface area contributed by atoms with E-state index in [2.05, 4.69) is 6.92 Å². The molecule has 0 aliphatic carbocycles. The molecule has 2 amide bonds. The molecule has 0 N–H and O–H groups in total. The van der Waals surface area contributed by atoms with Crippen molar-refractivity contribution in [1.29, 1.82) is 0 Å². The van der Waals surface area contributed by atoms with Gasteiger partial charge >= 0.3 is 0 Å². The van der Waals surface area contributed by atoms with Gasteiger partial charge in [0.05, 0.1) is 23.2 Å². The van der Waals surface area contributed by atoms with Crippen LogP contribution in [0.3, 0.4) is 0 Å². The molecule has 6 heteroatoms. The highest BCUT2D eigenvalue weighted by Gasteiger charge is 2.61. The van der Waals surface area contributed by atoms with E-state index in [1.165, 1.54) is 0 Å². The molecular weight excluding hydrogens is 348 g/mol. The van der Waals surface area contributed by atoms with Crippen LogP contribution in [0.1, 0.15) is 56.8 Å². The number of fused-ring (bicyclic) bond motifs is 2. The Kier molecular flexibility index (Phi) is 4.59. The number of ether oxygens (including phenoxy) is 1. The van der Waals surface area contributed by atoms with E-state index in [0.717, 1.165) is 31.2 Å². The average molecular weight is 377 g/mol. The lowest BCUT2D eigenvalue weighted by Crippen LogP contribution is -2.56. The van der Waals surface area contributed by atoms with E-state index in [-0.39, 0.29) is 36.1 Å². The molecule has 2 bridgehead atoms. The fraction of sp³-hybridized carbons (Fsp3) is 0.700. The van der Waals surface area contributed by atoms with Gasteiger partial charge in [-0.25, -0.2) is 0 Å². The SMILES string of the molecule is CC[C@@]1(C(=O)N2C[C@@H](C)O[C@@H](C)C2)C[C@@H]2CC[C@H]1N2C(=O)c1ccsc1. The van der Waals surface area contributed by atoms with Gasteiger partial charge in [0.1, 0.15) is 0 Å². The second-order valence-corrected chi connectivity index (χ2v) is 8.93. The van der Waals surface area contributed by atoms with Crippen molar-refractivity contribution in [2.75, 3.05) is 13.1 Å². The van der Waals surface area contributed by atoms with Gasteiger partial charge in [-0.2, -0.15) is 11.3 Å². The van der Waals surface area contributed by atoms with Crippen LogP contribution in [0, 0.1) is 5.41 Å². The quantitative estimate of drug-likeness (QED) is 0.814. The molecule has 3 saturated heterocycles. The van der Waals surface area contributed by atoms with Gasteiger partial charge in [-0.3, -0.25) is 9.59 Å². The first-order valence-corrected chi connectivity index (χ1v) is 10.7. The summed E-state index contributed by atoms with van der Waals surface area (Å²) in [6.45, 7) is 7.48. The second kappa shape index (κ2) is 6.64. The molecule has 4 rings (SSSR count). The van der Waals surface area contributed by atoms with Crippen molar-refractivity contribution in [2.45, 2.75) is 70.7 Å². The van der Waals surface area contributed by atoms with Crippen LogP contribution in [-0.4, -0.2) is 59.0 Å². The number of thiophene rings is 1. The Labute approximate surface area is 159 Å².